The molecule has 14 nitrogen and oxygen atoms in total. The van der Waals surface area contributed by atoms with E-state index in [0.717, 1.165) is 0 Å². The van der Waals surface area contributed by atoms with Crippen molar-refractivity contribution in [2.24, 2.45) is 0 Å². The molecule has 0 spiro atoms. The van der Waals surface area contributed by atoms with Crippen molar-refractivity contribution in [1.82, 2.24) is 15.0 Å². The van der Waals surface area contributed by atoms with E-state index in [-0.39, 0.29) is 11.5 Å². The Bertz CT molecular complexity index is 1120. The minimum atomic E-state index is -4.10. The summed E-state index contributed by atoms with van der Waals surface area (Å²) in [5.74, 6) is -5.07. The van der Waals surface area contributed by atoms with Crippen LogP contribution in [-0.4, -0.2) is 29.7 Å². The molecule has 1 heterocycles. The van der Waals surface area contributed by atoms with Crippen LogP contribution in [0.2, 0.25) is 0 Å². The molecule has 0 aliphatic carbocycles. The number of aromatic nitrogens is 3. The zero-order valence-corrected chi connectivity index (χ0v) is 16.6. The molecule has 0 radical (unpaired) electrons. The van der Waals surface area contributed by atoms with Crippen molar-refractivity contribution in [3.63, 3.8) is 0 Å². The van der Waals surface area contributed by atoms with Crippen molar-refractivity contribution in [3.05, 3.63) is 95.8 Å². The van der Waals surface area contributed by atoms with Crippen molar-refractivity contribution < 1.29 is 24.2 Å². The number of ether oxygens (including phenoxy) is 2. The van der Waals surface area contributed by atoms with E-state index >= 15 is 0 Å². The average molecular weight is 442 g/mol. The van der Waals surface area contributed by atoms with E-state index < -0.39 is 38.4 Å². The molecule has 0 bridgehead atoms. The molecule has 1 aromatic heterocycles. The van der Waals surface area contributed by atoms with Gasteiger partial charge in [0.25, 0.3) is 0 Å². The Morgan fingerprint density at radius 3 is 1.41 bits per heavy atom. The fourth-order valence-corrected chi connectivity index (χ4v) is 2.56. The topological polar surface area (TPSA) is 187 Å². The number of nitro groups is 3. The number of rotatable bonds is 8. The highest BCUT2D eigenvalue weighted by molar-refractivity contribution is 5.35. The molecule has 0 unspecified atom stereocenters. The summed E-state index contributed by atoms with van der Waals surface area (Å²) in [6, 6.07) is 11.7. The standard InChI is InChI=1S/C18H14N6O8/c1-11-7-3-5-9-13(11)31-16-19-15(18(22(25)26,23(27)28)24(29)30)20-17(21-16)32-14-10-6-4-8-12(14)2/h3-10H,1-2H3. The Labute approximate surface area is 178 Å². The molecule has 0 atom stereocenters. The molecule has 0 aliphatic rings. The average Bonchev–Trinajstić information content (AvgIpc) is 2.71. The summed E-state index contributed by atoms with van der Waals surface area (Å²) in [6.07, 6.45) is 0. The van der Waals surface area contributed by atoms with Gasteiger partial charge in [-0.25, -0.2) is 0 Å². The van der Waals surface area contributed by atoms with Crippen LogP contribution in [0.15, 0.2) is 48.5 Å². The van der Waals surface area contributed by atoms with Crippen molar-refractivity contribution in [1.29, 1.82) is 0 Å². The normalized spacial score (nSPS) is 10.9. The second-order valence-corrected chi connectivity index (χ2v) is 6.37. The third kappa shape index (κ3) is 3.96. The quantitative estimate of drug-likeness (QED) is 0.283. The number of hydrogen-bond donors (Lipinski definition) is 0. The third-order valence-electron chi connectivity index (χ3n) is 4.25. The van der Waals surface area contributed by atoms with E-state index in [0.29, 0.717) is 11.1 Å². The number of para-hydroxylation sites is 2. The lowest BCUT2D eigenvalue weighted by Gasteiger charge is -2.12. The summed E-state index contributed by atoms with van der Waals surface area (Å²) >= 11 is 0. The molecule has 0 aliphatic heterocycles. The maximum Gasteiger partial charge on any atom is 0.763 e. The molecule has 0 saturated heterocycles. The predicted octanol–water partition coefficient (Wildman–Crippen LogP) is 3.01. The van der Waals surface area contributed by atoms with Crippen molar-refractivity contribution in [2.75, 3.05) is 0 Å². The highest BCUT2D eigenvalue weighted by atomic mass is 16.7. The molecule has 3 rings (SSSR count). The van der Waals surface area contributed by atoms with Crippen molar-refractivity contribution >= 4 is 0 Å². The molecular formula is C18H14N6O8. The van der Waals surface area contributed by atoms with Crippen LogP contribution in [0.4, 0.5) is 0 Å². The summed E-state index contributed by atoms with van der Waals surface area (Å²) in [7, 11) is 0. The smallest absolute Gasteiger partial charge is 0.424 e. The molecule has 0 amide bonds. The van der Waals surface area contributed by atoms with E-state index in [9.17, 15) is 30.3 Å². The minimum absolute atomic E-state index is 0.209. The Morgan fingerprint density at radius 2 is 1.06 bits per heavy atom. The molecule has 0 N–H and O–H groups in total. The highest BCUT2D eigenvalue weighted by Gasteiger charge is 2.76. The molecule has 0 fully saturated rings. The Hall–Kier alpha value is -4.75. The first-order valence-electron chi connectivity index (χ1n) is 8.83. The number of hydrogen-bond acceptors (Lipinski definition) is 11. The first-order chi connectivity index (χ1) is 15.2. The number of benzene rings is 2. The Balaban J connectivity index is 2.21. The maximum atomic E-state index is 11.5. The second kappa shape index (κ2) is 8.55. The van der Waals surface area contributed by atoms with Gasteiger partial charge in [-0.15, -0.1) is 4.98 Å². The van der Waals surface area contributed by atoms with Crippen LogP contribution in [0, 0.1) is 44.2 Å². The Morgan fingerprint density at radius 1 is 0.688 bits per heavy atom. The first-order valence-corrected chi connectivity index (χ1v) is 8.83. The van der Waals surface area contributed by atoms with Gasteiger partial charge in [0.05, 0.1) is 0 Å². The van der Waals surface area contributed by atoms with Gasteiger partial charge in [-0.2, -0.15) is 9.97 Å². The van der Waals surface area contributed by atoms with E-state index in [1.165, 1.54) is 12.1 Å². The SMILES string of the molecule is Cc1ccccc1Oc1nc(Oc2ccccc2C)nc(C([N+](=O)[O-])([N+](=O)[O-])[N+](=O)[O-])n1. The number of aryl methyl sites for hydroxylation is 2. The lowest BCUT2D eigenvalue weighted by molar-refractivity contribution is -0.987. The van der Waals surface area contributed by atoms with Crippen molar-refractivity contribution in [3.8, 4) is 23.5 Å². The molecule has 164 valence electrons. The van der Waals surface area contributed by atoms with Gasteiger partial charge in [0.2, 0.25) is 0 Å². The summed E-state index contributed by atoms with van der Waals surface area (Å²) in [4.78, 5) is 40.2. The lowest BCUT2D eigenvalue weighted by Crippen LogP contribution is -2.51. The van der Waals surface area contributed by atoms with Crippen LogP contribution in [0.25, 0.3) is 0 Å². The minimum Gasteiger partial charge on any atom is -0.424 e. The van der Waals surface area contributed by atoms with E-state index in [1.54, 1.807) is 50.2 Å². The van der Waals surface area contributed by atoms with Gasteiger partial charge in [0.15, 0.2) is 14.8 Å². The van der Waals surface area contributed by atoms with Gasteiger partial charge in [-0.3, -0.25) is 30.3 Å². The summed E-state index contributed by atoms with van der Waals surface area (Å²) in [5.41, 5.74) is 1.22. The van der Waals surface area contributed by atoms with E-state index in [2.05, 4.69) is 15.0 Å². The van der Waals surface area contributed by atoms with Crippen LogP contribution in [-0.2, 0) is 5.79 Å². The van der Waals surface area contributed by atoms with Crippen LogP contribution in [0.5, 0.6) is 23.5 Å². The third-order valence-corrected chi connectivity index (χ3v) is 4.25. The monoisotopic (exact) mass is 442 g/mol. The maximum absolute atomic E-state index is 11.5. The molecule has 2 aromatic carbocycles. The van der Waals surface area contributed by atoms with Crippen LogP contribution < -0.4 is 9.47 Å². The summed E-state index contributed by atoms with van der Waals surface area (Å²) < 4.78 is 11.0. The van der Waals surface area contributed by atoms with E-state index in [4.69, 9.17) is 9.47 Å². The zero-order chi connectivity index (χ0) is 23.5. The Kier molecular flexibility index (Phi) is 5.86. The number of nitrogens with zero attached hydrogens (tertiary/aromatic N) is 6. The van der Waals surface area contributed by atoms with Gasteiger partial charge in [-0.1, -0.05) is 36.4 Å². The fourth-order valence-electron chi connectivity index (χ4n) is 2.56. The summed E-state index contributed by atoms with van der Waals surface area (Å²) in [5, 5.41) is 34.5. The molecular weight excluding hydrogens is 428 g/mol. The van der Waals surface area contributed by atoms with Gasteiger partial charge < -0.3 is 9.47 Å². The predicted molar refractivity (Wildman–Crippen MR) is 105 cm³/mol. The van der Waals surface area contributed by atoms with Gasteiger partial charge in [0, 0.05) is 0 Å². The summed E-state index contributed by atoms with van der Waals surface area (Å²) in [6.45, 7) is 3.36. The van der Waals surface area contributed by atoms with Crippen molar-refractivity contribution in [2.45, 2.75) is 19.6 Å². The fraction of sp³-hybridized carbons (Fsp3) is 0.167. The molecule has 0 saturated carbocycles. The molecule has 32 heavy (non-hydrogen) atoms. The largest absolute Gasteiger partial charge is 0.763 e. The van der Waals surface area contributed by atoms with Crippen LogP contribution in [0.1, 0.15) is 17.0 Å². The van der Waals surface area contributed by atoms with Gasteiger partial charge in [0.1, 0.15) is 11.5 Å². The van der Waals surface area contributed by atoms with Crippen LogP contribution in [0.3, 0.4) is 0 Å². The van der Waals surface area contributed by atoms with Gasteiger partial charge >= 0.3 is 23.6 Å². The zero-order valence-electron chi connectivity index (χ0n) is 16.6. The molecule has 3 aromatic rings. The van der Waals surface area contributed by atoms with Crippen LogP contribution >= 0.6 is 0 Å². The highest BCUT2D eigenvalue weighted by Crippen LogP contribution is 2.30. The molecule has 14 heteroatoms. The van der Waals surface area contributed by atoms with E-state index in [1.807, 2.05) is 0 Å². The first kappa shape index (κ1) is 21.9. The second-order valence-electron chi connectivity index (χ2n) is 6.37. The lowest BCUT2D eigenvalue weighted by atomic mass is 10.2. The van der Waals surface area contributed by atoms with Gasteiger partial charge in [-0.05, 0) is 37.1 Å².